The van der Waals surface area contributed by atoms with Gasteiger partial charge in [0, 0.05) is 37.8 Å². The second-order valence-corrected chi connectivity index (χ2v) is 7.97. The number of alkyl halides is 4. The lowest BCUT2D eigenvalue weighted by Gasteiger charge is -2.33. The Morgan fingerprint density at radius 2 is 1.93 bits per heavy atom. The highest BCUT2D eigenvalue weighted by Gasteiger charge is 2.49. The van der Waals surface area contributed by atoms with Gasteiger partial charge in [-0.2, -0.15) is 13.2 Å². The fourth-order valence-electron chi connectivity index (χ4n) is 5.19. The number of hydrogen-bond acceptors (Lipinski definition) is 3. The zero-order valence-corrected chi connectivity index (χ0v) is 14.8. The number of halogens is 4. The first kappa shape index (κ1) is 18.5. The summed E-state index contributed by atoms with van der Waals surface area (Å²) in [6.45, 7) is 1.53. The third kappa shape index (κ3) is 3.39. The highest BCUT2D eigenvalue weighted by atomic mass is 19.4. The number of benzene rings is 1. The monoisotopic (exact) mass is 385 g/mol. The van der Waals surface area contributed by atoms with E-state index in [9.17, 15) is 22.4 Å². The smallest absolute Gasteiger partial charge is 0.371 e. The van der Waals surface area contributed by atoms with E-state index in [0.717, 1.165) is 18.9 Å². The van der Waals surface area contributed by atoms with Crippen LogP contribution in [0.25, 0.3) is 0 Å². The first-order valence-electron chi connectivity index (χ1n) is 9.35. The summed E-state index contributed by atoms with van der Waals surface area (Å²) in [5.41, 5.74) is 5.38. The molecule has 2 heterocycles. The average molecular weight is 385 g/mol. The van der Waals surface area contributed by atoms with Gasteiger partial charge in [-0.15, -0.1) is 0 Å². The van der Waals surface area contributed by atoms with Crippen LogP contribution in [0, 0.1) is 11.8 Å². The number of likely N-dealkylation sites (tertiary alicyclic amines) is 1. The summed E-state index contributed by atoms with van der Waals surface area (Å²) in [5, 5.41) is 0. The van der Waals surface area contributed by atoms with Gasteiger partial charge in [-0.3, -0.25) is 9.69 Å². The molecule has 4 rings (SSSR count). The van der Waals surface area contributed by atoms with Gasteiger partial charge in [0.05, 0.1) is 11.6 Å². The van der Waals surface area contributed by atoms with Crippen LogP contribution >= 0.6 is 0 Å². The van der Waals surface area contributed by atoms with E-state index in [1.54, 1.807) is 6.07 Å². The van der Waals surface area contributed by atoms with Crippen molar-refractivity contribution in [3.63, 3.8) is 0 Å². The number of nitrogens with zero attached hydrogens (tertiary/aromatic N) is 2. The molecule has 2 saturated heterocycles. The van der Waals surface area contributed by atoms with Gasteiger partial charge in [-0.1, -0.05) is 6.07 Å². The topological polar surface area (TPSA) is 49.6 Å². The molecule has 148 valence electrons. The van der Waals surface area contributed by atoms with E-state index in [0.29, 0.717) is 24.7 Å². The number of hydrogen-bond donors (Lipinski definition) is 1. The highest BCUT2D eigenvalue weighted by molar-refractivity contribution is 5.80. The van der Waals surface area contributed by atoms with E-state index in [4.69, 9.17) is 5.73 Å². The van der Waals surface area contributed by atoms with Crippen molar-refractivity contribution in [3.8, 4) is 0 Å². The van der Waals surface area contributed by atoms with Crippen LogP contribution in [0.2, 0.25) is 0 Å². The van der Waals surface area contributed by atoms with Crippen LogP contribution < -0.4 is 10.6 Å². The lowest BCUT2D eigenvalue weighted by atomic mass is 9.96. The summed E-state index contributed by atoms with van der Waals surface area (Å²) in [6.07, 6.45) is -3.47. The van der Waals surface area contributed by atoms with E-state index in [2.05, 4.69) is 0 Å². The van der Waals surface area contributed by atoms with Gasteiger partial charge in [0.25, 0.3) is 0 Å². The van der Waals surface area contributed by atoms with Gasteiger partial charge in [0.1, 0.15) is 6.17 Å². The standard InChI is InChI=1S/C19H23F4N3O/c20-13-7-17(18(24)27)26(9-13)16-5-4-11-8-25(10-15(11)16)14-3-1-2-12(6-14)19(21,22)23/h1-3,6,11,13,15-17H,4-5,7-10H2,(H2,24,27)/t11-,13-,15+,16+,17+/m1/s1. The van der Waals surface area contributed by atoms with Crippen LogP contribution in [0.5, 0.6) is 0 Å². The van der Waals surface area contributed by atoms with Gasteiger partial charge in [-0.05, 0) is 42.9 Å². The predicted molar refractivity (Wildman–Crippen MR) is 92.9 cm³/mol. The SMILES string of the molecule is NC(=O)[C@@H]1C[C@@H](F)CN1[C@H]1CC[C@@H]2CN(c3cccc(C(F)(F)F)c3)C[C@@H]21. The lowest BCUT2D eigenvalue weighted by Crippen LogP contribution is -2.48. The number of primary amides is 1. The molecule has 2 aliphatic heterocycles. The van der Waals surface area contributed by atoms with Crippen LogP contribution in [0.1, 0.15) is 24.8 Å². The Morgan fingerprint density at radius 3 is 2.63 bits per heavy atom. The van der Waals surface area contributed by atoms with Crippen molar-refractivity contribution in [2.24, 2.45) is 17.6 Å². The zero-order chi connectivity index (χ0) is 19.3. The summed E-state index contributed by atoms with van der Waals surface area (Å²) in [7, 11) is 0. The van der Waals surface area contributed by atoms with Crippen LogP contribution in [0.15, 0.2) is 24.3 Å². The van der Waals surface area contributed by atoms with E-state index in [1.165, 1.54) is 12.1 Å². The van der Waals surface area contributed by atoms with Gasteiger partial charge < -0.3 is 10.6 Å². The molecule has 0 spiro atoms. The molecule has 4 nitrogen and oxygen atoms in total. The Balaban J connectivity index is 1.51. The summed E-state index contributed by atoms with van der Waals surface area (Å²) in [6, 6.07) is 4.88. The number of carbonyl (C=O) groups excluding carboxylic acids is 1. The molecule has 2 N–H and O–H groups in total. The molecule has 0 radical (unpaired) electrons. The van der Waals surface area contributed by atoms with E-state index in [-0.39, 0.29) is 24.9 Å². The third-order valence-corrected chi connectivity index (χ3v) is 6.40. The molecule has 1 aromatic carbocycles. The minimum Gasteiger partial charge on any atom is -0.371 e. The Morgan fingerprint density at radius 1 is 1.15 bits per heavy atom. The molecular formula is C19H23F4N3O. The summed E-state index contributed by atoms with van der Waals surface area (Å²) in [5.74, 6) is 0.0646. The molecule has 8 heteroatoms. The van der Waals surface area contributed by atoms with Crippen LogP contribution in [0.3, 0.4) is 0 Å². The van der Waals surface area contributed by atoms with Crippen LogP contribution in [0.4, 0.5) is 23.2 Å². The maximum Gasteiger partial charge on any atom is 0.416 e. The Hall–Kier alpha value is -1.83. The van der Waals surface area contributed by atoms with Crippen molar-refractivity contribution in [2.45, 2.75) is 43.7 Å². The average Bonchev–Trinajstić information content (AvgIpc) is 3.27. The second-order valence-electron chi connectivity index (χ2n) is 7.97. The van der Waals surface area contributed by atoms with E-state index >= 15 is 0 Å². The molecule has 1 aromatic rings. The number of amides is 1. The normalized spacial score (nSPS) is 34.2. The van der Waals surface area contributed by atoms with Crippen LogP contribution in [-0.2, 0) is 11.0 Å². The number of rotatable bonds is 3. The number of fused-ring (bicyclic) bond motifs is 1. The maximum absolute atomic E-state index is 13.9. The van der Waals surface area contributed by atoms with Crippen molar-refractivity contribution >= 4 is 11.6 Å². The fourth-order valence-corrected chi connectivity index (χ4v) is 5.19. The molecule has 27 heavy (non-hydrogen) atoms. The van der Waals surface area contributed by atoms with Gasteiger partial charge in [-0.25, -0.2) is 4.39 Å². The summed E-state index contributed by atoms with van der Waals surface area (Å²) < 4.78 is 52.9. The number of nitrogens with two attached hydrogens (primary N) is 1. The Kier molecular flexibility index (Phi) is 4.56. The van der Waals surface area contributed by atoms with Crippen LogP contribution in [-0.4, -0.2) is 48.7 Å². The molecule has 1 saturated carbocycles. The third-order valence-electron chi connectivity index (χ3n) is 6.40. The minimum atomic E-state index is -4.37. The molecule has 1 amide bonds. The lowest BCUT2D eigenvalue weighted by molar-refractivity contribution is -0.137. The van der Waals surface area contributed by atoms with Crippen molar-refractivity contribution in [1.29, 1.82) is 0 Å². The predicted octanol–water partition coefficient (Wildman–Crippen LogP) is 2.82. The molecule has 3 aliphatic rings. The first-order valence-corrected chi connectivity index (χ1v) is 9.35. The largest absolute Gasteiger partial charge is 0.416 e. The molecule has 0 bridgehead atoms. The van der Waals surface area contributed by atoms with E-state index < -0.39 is 29.9 Å². The second kappa shape index (κ2) is 6.65. The van der Waals surface area contributed by atoms with Gasteiger partial charge in [0.15, 0.2) is 0 Å². The number of carbonyl (C=O) groups is 1. The van der Waals surface area contributed by atoms with Crippen molar-refractivity contribution in [1.82, 2.24) is 4.90 Å². The molecule has 1 aliphatic carbocycles. The van der Waals surface area contributed by atoms with E-state index in [1.807, 2.05) is 9.80 Å². The molecule has 0 unspecified atom stereocenters. The highest BCUT2D eigenvalue weighted by Crippen LogP contribution is 2.44. The summed E-state index contributed by atoms with van der Waals surface area (Å²) in [4.78, 5) is 15.6. The molecule has 3 fully saturated rings. The quantitative estimate of drug-likeness (QED) is 0.814. The van der Waals surface area contributed by atoms with Crippen molar-refractivity contribution in [3.05, 3.63) is 29.8 Å². The molecule has 5 atom stereocenters. The van der Waals surface area contributed by atoms with Crippen molar-refractivity contribution in [2.75, 3.05) is 24.5 Å². The van der Waals surface area contributed by atoms with Crippen molar-refractivity contribution < 1.29 is 22.4 Å². The minimum absolute atomic E-state index is 0.0593. The Bertz CT molecular complexity index is 725. The van der Waals surface area contributed by atoms with Gasteiger partial charge >= 0.3 is 6.18 Å². The maximum atomic E-state index is 13.9. The fraction of sp³-hybridized carbons (Fsp3) is 0.632. The summed E-state index contributed by atoms with van der Waals surface area (Å²) >= 11 is 0. The number of anilines is 1. The molecule has 0 aromatic heterocycles. The first-order chi connectivity index (χ1) is 12.7. The molecular weight excluding hydrogens is 362 g/mol. The van der Waals surface area contributed by atoms with Gasteiger partial charge in [0.2, 0.25) is 5.91 Å². The Labute approximate surface area is 155 Å². The zero-order valence-electron chi connectivity index (χ0n) is 14.8.